The van der Waals surface area contributed by atoms with E-state index in [1.807, 2.05) is 0 Å². The SMILES string of the molecule is O=C(CCNC(=O)c1cccs1)NCCCNc1ccc(C(F)(F)F)cn1. The fourth-order valence-electron chi connectivity index (χ4n) is 2.07. The quantitative estimate of drug-likeness (QED) is 0.565. The lowest BCUT2D eigenvalue weighted by Crippen LogP contribution is -2.31. The molecule has 0 aliphatic carbocycles. The van der Waals surface area contributed by atoms with Crippen LogP contribution < -0.4 is 16.0 Å². The summed E-state index contributed by atoms with van der Waals surface area (Å²) < 4.78 is 37.3. The van der Waals surface area contributed by atoms with E-state index in [-0.39, 0.29) is 24.8 Å². The summed E-state index contributed by atoms with van der Waals surface area (Å²) in [6.07, 6.45) is -2.88. The Kier molecular flexibility index (Phi) is 7.59. The molecule has 0 atom stereocenters. The van der Waals surface area contributed by atoms with E-state index in [2.05, 4.69) is 20.9 Å². The molecule has 6 nitrogen and oxygen atoms in total. The molecular weight excluding hydrogens is 381 g/mol. The summed E-state index contributed by atoms with van der Waals surface area (Å²) in [7, 11) is 0. The molecule has 2 heterocycles. The Bertz CT molecular complexity index is 734. The number of nitrogens with zero attached hydrogens (tertiary/aromatic N) is 1. The van der Waals surface area contributed by atoms with Crippen LogP contribution in [-0.4, -0.2) is 36.4 Å². The zero-order valence-corrected chi connectivity index (χ0v) is 15.1. The van der Waals surface area contributed by atoms with Gasteiger partial charge in [-0.25, -0.2) is 4.98 Å². The van der Waals surface area contributed by atoms with Crippen molar-refractivity contribution in [2.45, 2.75) is 19.0 Å². The van der Waals surface area contributed by atoms with Crippen molar-refractivity contribution in [2.75, 3.05) is 25.0 Å². The number of alkyl halides is 3. The van der Waals surface area contributed by atoms with E-state index in [1.54, 1.807) is 17.5 Å². The number of thiophene rings is 1. The van der Waals surface area contributed by atoms with Gasteiger partial charge in [0, 0.05) is 32.3 Å². The second kappa shape index (κ2) is 9.91. The first-order valence-corrected chi connectivity index (χ1v) is 9.10. The van der Waals surface area contributed by atoms with E-state index in [1.165, 1.54) is 17.4 Å². The molecule has 0 aliphatic rings. The normalized spacial score (nSPS) is 11.1. The first-order valence-electron chi connectivity index (χ1n) is 8.22. The molecule has 146 valence electrons. The average Bonchev–Trinajstić information content (AvgIpc) is 3.16. The molecule has 2 amide bonds. The largest absolute Gasteiger partial charge is 0.417 e. The van der Waals surface area contributed by atoms with E-state index in [9.17, 15) is 22.8 Å². The summed E-state index contributed by atoms with van der Waals surface area (Å²) in [6, 6.07) is 5.71. The van der Waals surface area contributed by atoms with Crippen LogP contribution in [0.1, 0.15) is 28.1 Å². The highest BCUT2D eigenvalue weighted by Crippen LogP contribution is 2.28. The second-order valence-corrected chi connectivity index (χ2v) is 6.49. The fourth-order valence-corrected chi connectivity index (χ4v) is 2.71. The highest BCUT2D eigenvalue weighted by Gasteiger charge is 2.30. The zero-order chi connectivity index (χ0) is 19.7. The van der Waals surface area contributed by atoms with E-state index in [0.717, 1.165) is 12.3 Å². The van der Waals surface area contributed by atoms with E-state index in [4.69, 9.17) is 0 Å². The molecule has 0 fully saturated rings. The lowest BCUT2D eigenvalue weighted by Gasteiger charge is -2.09. The minimum atomic E-state index is -4.40. The lowest BCUT2D eigenvalue weighted by atomic mass is 10.3. The van der Waals surface area contributed by atoms with Gasteiger partial charge in [0.15, 0.2) is 0 Å². The van der Waals surface area contributed by atoms with Gasteiger partial charge in [-0.05, 0) is 30.0 Å². The van der Waals surface area contributed by atoms with Crippen LogP contribution in [0.5, 0.6) is 0 Å². The molecule has 0 bridgehead atoms. The van der Waals surface area contributed by atoms with Gasteiger partial charge in [-0.3, -0.25) is 9.59 Å². The molecule has 2 aromatic rings. The van der Waals surface area contributed by atoms with Crippen LogP contribution in [0.4, 0.5) is 19.0 Å². The van der Waals surface area contributed by atoms with Gasteiger partial charge in [-0.1, -0.05) is 6.07 Å². The van der Waals surface area contributed by atoms with Crippen LogP contribution in [0.15, 0.2) is 35.8 Å². The molecule has 2 aromatic heterocycles. The molecular formula is C17H19F3N4O2S. The molecule has 27 heavy (non-hydrogen) atoms. The second-order valence-electron chi connectivity index (χ2n) is 5.54. The van der Waals surface area contributed by atoms with Crippen LogP contribution in [0.2, 0.25) is 0 Å². The Morgan fingerprint density at radius 1 is 1.07 bits per heavy atom. The Balaban J connectivity index is 1.54. The number of pyridine rings is 1. The summed E-state index contributed by atoms with van der Waals surface area (Å²) in [4.78, 5) is 27.7. The van der Waals surface area contributed by atoms with Gasteiger partial charge in [-0.2, -0.15) is 13.2 Å². The summed E-state index contributed by atoms with van der Waals surface area (Å²) >= 11 is 1.33. The van der Waals surface area contributed by atoms with Crippen molar-refractivity contribution in [3.05, 3.63) is 46.3 Å². The number of carbonyl (C=O) groups excluding carboxylic acids is 2. The Morgan fingerprint density at radius 2 is 1.89 bits per heavy atom. The van der Waals surface area contributed by atoms with Crippen LogP contribution in [0.3, 0.4) is 0 Å². The van der Waals surface area contributed by atoms with Crippen molar-refractivity contribution >= 4 is 29.0 Å². The molecule has 0 spiro atoms. The molecule has 0 unspecified atom stereocenters. The van der Waals surface area contributed by atoms with Gasteiger partial charge in [0.1, 0.15) is 5.82 Å². The number of halogens is 3. The van der Waals surface area contributed by atoms with Crippen LogP contribution in [0.25, 0.3) is 0 Å². The molecule has 2 rings (SSSR count). The maximum absolute atomic E-state index is 12.4. The third-order valence-electron chi connectivity index (χ3n) is 3.46. The van der Waals surface area contributed by atoms with E-state index < -0.39 is 11.7 Å². The number of amides is 2. The highest BCUT2D eigenvalue weighted by molar-refractivity contribution is 7.12. The molecule has 0 saturated carbocycles. The van der Waals surface area contributed by atoms with Crippen molar-refractivity contribution in [3.63, 3.8) is 0 Å². The summed E-state index contributed by atoms with van der Waals surface area (Å²) in [5.74, 6) is -0.0502. The van der Waals surface area contributed by atoms with Crippen molar-refractivity contribution < 1.29 is 22.8 Å². The topological polar surface area (TPSA) is 83.1 Å². The lowest BCUT2D eigenvalue weighted by molar-refractivity contribution is -0.137. The predicted molar refractivity (Wildman–Crippen MR) is 96.6 cm³/mol. The minimum absolute atomic E-state index is 0.172. The number of anilines is 1. The van der Waals surface area contributed by atoms with E-state index in [0.29, 0.717) is 30.2 Å². The Hall–Kier alpha value is -2.62. The average molecular weight is 400 g/mol. The van der Waals surface area contributed by atoms with Crippen molar-refractivity contribution in [2.24, 2.45) is 0 Å². The molecule has 0 radical (unpaired) electrons. The molecule has 0 aromatic carbocycles. The summed E-state index contributed by atoms with van der Waals surface area (Å²) in [5.41, 5.74) is -0.800. The number of carbonyl (C=O) groups is 2. The summed E-state index contributed by atoms with van der Waals surface area (Å²) in [5, 5.41) is 10.1. The van der Waals surface area contributed by atoms with Crippen LogP contribution >= 0.6 is 11.3 Å². The van der Waals surface area contributed by atoms with Crippen molar-refractivity contribution in [3.8, 4) is 0 Å². The number of rotatable bonds is 9. The van der Waals surface area contributed by atoms with Crippen LogP contribution in [0, 0.1) is 0 Å². The number of aromatic nitrogens is 1. The first-order chi connectivity index (χ1) is 12.9. The number of nitrogens with one attached hydrogen (secondary N) is 3. The Morgan fingerprint density at radius 3 is 2.52 bits per heavy atom. The van der Waals surface area contributed by atoms with Crippen LogP contribution in [-0.2, 0) is 11.0 Å². The molecule has 0 saturated heterocycles. The van der Waals surface area contributed by atoms with Crippen molar-refractivity contribution in [1.82, 2.24) is 15.6 Å². The maximum Gasteiger partial charge on any atom is 0.417 e. The zero-order valence-electron chi connectivity index (χ0n) is 14.3. The molecule has 10 heteroatoms. The number of hydrogen-bond acceptors (Lipinski definition) is 5. The molecule has 0 aliphatic heterocycles. The van der Waals surface area contributed by atoms with Gasteiger partial charge in [0.2, 0.25) is 5.91 Å². The van der Waals surface area contributed by atoms with Gasteiger partial charge >= 0.3 is 6.18 Å². The first kappa shape index (κ1) is 20.7. The molecule has 3 N–H and O–H groups in total. The van der Waals surface area contributed by atoms with Gasteiger partial charge < -0.3 is 16.0 Å². The highest BCUT2D eigenvalue weighted by atomic mass is 32.1. The smallest absolute Gasteiger partial charge is 0.370 e. The third kappa shape index (κ3) is 7.26. The maximum atomic E-state index is 12.4. The van der Waals surface area contributed by atoms with Gasteiger partial charge in [0.05, 0.1) is 10.4 Å². The third-order valence-corrected chi connectivity index (χ3v) is 4.32. The van der Waals surface area contributed by atoms with E-state index >= 15 is 0 Å². The fraction of sp³-hybridized carbons (Fsp3) is 0.353. The monoisotopic (exact) mass is 400 g/mol. The Labute approximate surface area is 158 Å². The van der Waals surface area contributed by atoms with Gasteiger partial charge in [0.25, 0.3) is 5.91 Å². The van der Waals surface area contributed by atoms with Crippen molar-refractivity contribution in [1.29, 1.82) is 0 Å². The standard InChI is InChI=1S/C17H19F3N4O2S/c18-17(19,20)12-4-5-14(24-11-12)21-7-2-8-22-15(25)6-9-23-16(26)13-3-1-10-27-13/h1,3-5,10-11H,2,6-9H2,(H,21,24)(H,22,25)(H,23,26). The predicted octanol–water partition coefficient (Wildman–Crippen LogP) is 2.90. The summed E-state index contributed by atoms with van der Waals surface area (Å²) in [6.45, 7) is 1.11. The number of hydrogen-bond donors (Lipinski definition) is 3. The van der Waals surface area contributed by atoms with Gasteiger partial charge in [-0.15, -0.1) is 11.3 Å². The minimum Gasteiger partial charge on any atom is -0.370 e.